The standard InChI is InChI=1S/C16H23N2O/c1-12(2)15(19)16(17-10-4-3-5-11-17)18-13-6-7-14(18)9-8-13/h3-5,10-14,16H,6-9H2,1-2H3/q+1/t13?,14?,16-/m1/s1. The smallest absolute Gasteiger partial charge is 0.274 e. The highest BCUT2D eigenvalue weighted by Gasteiger charge is 2.49. The number of carbonyl (C=O) groups is 1. The molecule has 3 rings (SSSR count). The summed E-state index contributed by atoms with van der Waals surface area (Å²) in [5.74, 6) is 0.424. The van der Waals surface area contributed by atoms with Gasteiger partial charge in [0.2, 0.25) is 5.78 Å². The molecule has 3 heterocycles. The lowest BCUT2D eigenvalue weighted by Crippen LogP contribution is -2.55. The predicted octanol–water partition coefficient (Wildman–Crippen LogP) is 2.32. The van der Waals surface area contributed by atoms with E-state index in [0.29, 0.717) is 17.9 Å². The molecular weight excluding hydrogens is 236 g/mol. The summed E-state index contributed by atoms with van der Waals surface area (Å²) < 4.78 is 2.10. The Kier molecular flexibility index (Phi) is 3.40. The zero-order valence-corrected chi connectivity index (χ0v) is 11.8. The van der Waals surface area contributed by atoms with Gasteiger partial charge in [0.25, 0.3) is 6.17 Å². The van der Waals surface area contributed by atoms with Gasteiger partial charge in [-0.2, -0.15) is 4.57 Å². The maximum atomic E-state index is 12.7. The number of nitrogens with zero attached hydrogens (tertiary/aromatic N) is 2. The molecule has 0 radical (unpaired) electrons. The maximum Gasteiger partial charge on any atom is 0.274 e. The van der Waals surface area contributed by atoms with Crippen molar-refractivity contribution in [3.63, 3.8) is 0 Å². The lowest BCUT2D eigenvalue weighted by Gasteiger charge is -2.27. The fourth-order valence-electron chi connectivity index (χ4n) is 3.67. The summed E-state index contributed by atoms with van der Waals surface area (Å²) >= 11 is 0. The zero-order chi connectivity index (χ0) is 13.4. The molecule has 0 saturated carbocycles. The molecule has 0 N–H and O–H groups in total. The van der Waals surface area contributed by atoms with Gasteiger partial charge in [-0.1, -0.05) is 19.9 Å². The van der Waals surface area contributed by atoms with Crippen LogP contribution in [-0.2, 0) is 4.79 Å². The molecular formula is C16H23N2O+. The molecule has 19 heavy (non-hydrogen) atoms. The van der Waals surface area contributed by atoms with E-state index in [-0.39, 0.29) is 12.1 Å². The van der Waals surface area contributed by atoms with E-state index in [1.165, 1.54) is 25.7 Å². The van der Waals surface area contributed by atoms with Crippen molar-refractivity contribution >= 4 is 5.78 Å². The first kappa shape index (κ1) is 12.8. The van der Waals surface area contributed by atoms with Crippen molar-refractivity contribution in [1.82, 2.24) is 4.90 Å². The highest BCUT2D eigenvalue weighted by atomic mass is 16.1. The normalized spacial score (nSPS) is 27.9. The van der Waals surface area contributed by atoms with E-state index in [1.807, 2.05) is 44.4 Å². The molecule has 102 valence electrons. The molecule has 0 spiro atoms. The van der Waals surface area contributed by atoms with Crippen molar-refractivity contribution in [2.75, 3.05) is 0 Å². The Morgan fingerprint density at radius 2 is 1.58 bits per heavy atom. The van der Waals surface area contributed by atoms with Crippen LogP contribution in [0.4, 0.5) is 0 Å². The van der Waals surface area contributed by atoms with E-state index in [1.54, 1.807) is 0 Å². The highest BCUT2D eigenvalue weighted by molar-refractivity contribution is 5.82. The largest absolute Gasteiger partial charge is 0.290 e. The molecule has 2 aliphatic rings. The average molecular weight is 259 g/mol. The minimum absolute atomic E-state index is 0.0812. The summed E-state index contributed by atoms with van der Waals surface area (Å²) in [4.78, 5) is 15.2. The van der Waals surface area contributed by atoms with Gasteiger partial charge in [-0.15, -0.1) is 0 Å². The van der Waals surface area contributed by atoms with Crippen molar-refractivity contribution in [2.45, 2.75) is 57.8 Å². The van der Waals surface area contributed by atoms with Gasteiger partial charge in [0.15, 0.2) is 12.4 Å². The van der Waals surface area contributed by atoms with Crippen LogP contribution in [0, 0.1) is 5.92 Å². The second-order valence-electron chi connectivity index (χ2n) is 6.16. The van der Waals surface area contributed by atoms with Crippen LogP contribution in [-0.4, -0.2) is 22.8 Å². The molecule has 0 unspecified atom stereocenters. The number of hydrogen-bond acceptors (Lipinski definition) is 2. The molecule has 3 heteroatoms. The van der Waals surface area contributed by atoms with Crippen LogP contribution in [0.25, 0.3) is 0 Å². The van der Waals surface area contributed by atoms with Gasteiger partial charge < -0.3 is 0 Å². The molecule has 2 bridgehead atoms. The van der Waals surface area contributed by atoms with Gasteiger partial charge in [-0.3, -0.25) is 4.79 Å². The SMILES string of the molecule is CC(C)C(=O)[C@@H](N1C2CCC1CC2)[n+]1ccccc1. The summed E-state index contributed by atoms with van der Waals surface area (Å²) in [6.45, 7) is 4.02. The summed E-state index contributed by atoms with van der Waals surface area (Å²) in [7, 11) is 0. The summed E-state index contributed by atoms with van der Waals surface area (Å²) in [5.41, 5.74) is 0. The van der Waals surface area contributed by atoms with Crippen LogP contribution >= 0.6 is 0 Å². The van der Waals surface area contributed by atoms with E-state index >= 15 is 0 Å². The quantitative estimate of drug-likeness (QED) is 0.775. The third kappa shape index (κ3) is 2.20. The van der Waals surface area contributed by atoms with Crippen molar-refractivity contribution < 1.29 is 9.36 Å². The number of carbonyl (C=O) groups excluding carboxylic acids is 1. The molecule has 2 aliphatic heterocycles. The fourth-order valence-corrected chi connectivity index (χ4v) is 3.67. The number of rotatable bonds is 4. The monoisotopic (exact) mass is 259 g/mol. The van der Waals surface area contributed by atoms with Crippen LogP contribution < -0.4 is 4.57 Å². The van der Waals surface area contributed by atoms with E-state index < -0.39 is 0 Å². The minimum Gasteiger partial charge on any atom is -0.290 e. The highest BCUT2D eigenvalue weighted by Crippen LogP contribution is 2.41. The van der Waals surface area contributed by atoms with Crippen molar-refractivity contribution in [2.24, 2.45) is 5.92 Å². The number of hydrogen-bond donors (Lipinski definition) is 0. The van der Waals surface area contributed by atoms with Crippen LogP contribution in [0.2, 0.25) is 0 Å². The lowest BCUT2D eigenvalue weighted by atomic mass is 10.0. The first-order valence-electron chi connectivity index (χ1n) is 7.45. The topological polar surface area (TPSA) is 24.2 Å². The van der Waals surface area contributed by atoms with Crippen molar-refractivity contribution in [3.05, 3.63) is 30.6 Å². The fraction of sp³-hybridized carbons (Fsp3) is 0.625. The average Bonchev–Trinajstić information content (AvgIpc) is 3.00. The second kappa shape index (κ2) is 5.04. The van der Waals surface area contributed by atoms with Crippen molar-refractivity contribution in [3.8, 4) is 0 Å². The molecule has 2 fully saturated rings. The molecule has 0 aliphatic carbocycles. The maximum absolute atomic E-state index is 12.7. The van der Waals surface area contributed by atoms with E-state index in [0.717, 1.165) is 0 Å². The third-order valence-corrected chi connectivity index (χ3v) is 4.64. The predicted molar refractivity (Wildman–Crippen MR) is 73.4 cm³/mol. The molecule has 0 amide bonds. The second-order valence-corrected chi connectivity index (χ2v) is 6.16. The van der Waals surface area contributed by atoms with Gasteiger partial charge in [-0.05, 0) is 25.7 Å². The first-order valence-corrected chi connectivity index (χ1v) is 7.45. The van der Waals surface area contributed by atoms with Crippen LogP contribution in [0.3, 0.4) is 0 Å². The summed E-state index contributed by atoms with van der Waals surface area (Å²) in [5, 5.41) is 0. The van der Waals surface area contributed by atoms with Crippen molar-refractivity contribution in [1.29, 1.82) is 0 Å². The number of Topliss-reactive ketones (excluding diaryl/α,β-unsaturated/α-hetero) is 1. The van der Waals surface area contributed by atoms with E-state index in [4.69, 9.17) is 0 Å². The zero-order valence-electron chi connectivity index (χ0n) is 11.8. The Labute approximate surface area is 115 Å². The van der Waals surface area contributed by atoms with Crippen LogP contribution in [0.15, 0.2) is 30.6 Å². The Bertz CT molecular complexity index is 437. The number of pyridine rings is 1. The van der Waals surface area contributed by atoms with Gasteiger partial charge in [-0.25, -0.2) is 4.90 Å². The Balaban J connectivity index is 1.95. The molecule has 3 nitrogen and oxygen atoms in total. The number of fused-ring (bicyclic) bond motifs is 2. The van der Waals surface area contributed by atoms with Gasteiger partial charge in [0, 0.05) is 30.1 Å². The van der Waals surface area contributed by atoms with Gasteiger partial charge in [0.05, 0.1) is 0 Å². The Morgan fingerprint density at radius 1 is 1.05 bits per heavy atom. The minimum atomic E-state index is -0.0961. The molecule has 1 atom stereocenters. The van der Waals surface area contributed by atoms with Gasteiger partial charge in [0.1, 0.15) is 0 Å². The molecule has 2 saturated heterocycles. The molecule has 0 aromatic carbocycles. The van der Waals surface area contributed by atoms with E-state index in [2.05, 4.69) is 9.47 Å². The summed E-state index contributed by atoms with van der Waals surface area (Å²) in [6.07, 6.45) is 9.02. The number of aromatic nitrogens is 1. The molecule has 1 aromatic rings. The van der Waals surface area contributed by atoms with Crippen LogP contribution in [0.1, 0.15) is 45.7 Å². The van der Waals surface area contributed by atoms with E-state index in [9.17, 15) is 4.79 Å². The number of ketones is 1. The third-order valence-electron chi connectivity index (χ3n) is 4.64. The Hall–Kier alpha value is -1.22. The summed E-state index contributed by atoms with van der Waals surface area (Å²) in [6, 6.07) is 7.26. The molecule has 1 aromatic heterocycles. The van der Waals surface area contributed by atoms with Gasteiger partial charge >= 0.3 is 0 Å². The van der Waals surface area contributed by atoms with Crippen LogP contribution in [0.5, 0.6) is 0 Å². The first-order chi connectivity index (χ1) is 9.18. The lowest BCUT2D eigenvalue weighted by molar-refractivity contribution is -0.730. The Morgan fingerprint density at radius 3 is 2.05 bits per heavy atom.